The summed E-state index contributed by atoms with van der Waals surface area (Å²) in [4.78, 5) is 12.2. The van der Waals surface area contributed by atoms with E-state index < -0.39 is 0 Å². The highest BCUT2D eigenvalue weighted by Gasteiger charge is 2.11. The number of halogens is 2. The van der Waals surface area contributed by atoms with Gasteiger partial charge in [0, 0.05) is 29.9 Å². The van der Waals surface area contributed by atoms with Crippen LogP contribution < -0.4 is 15.4 Å². The first-order valence-corrected chi connectivity index (χ1v) is 12.4. The average Bonchev–Trinajstić information content (AvgIpc) is 2.83. The maximum absolute atomic E-state index is 12.2. The van der Waals surface area contributed by atoms with E-state index in [1.165, 1.54) is 0 Å². The van der Waals surface area contributed by atoms with Crippen LogP contribution in [-0.2, 0) is 17.9 Å². The molecule has 0 radical (unpaired) electrons. The van der Waals surface area contributed by atoms with Crippen LogP contribution in [0.4, 0.5) is 11.4 Å². The zero-order valence-corrected chi connectivity index (χ0v) is 21.3. The topological polar surface area (TPSA) is 50.4 Å². The number of nitrogens with one attached hydrogen (secondary N) is 2. The van der Waals surface area contributed by atoms with Gasteiger partial charge in [0.15, 0.2) is 0 Å². The molecule has 4 aromatic carbocycles. The van der Waals surface area contributed by atoms with Crippen molar-refractivity contribution in [3.8, 4) is 5.75 Å². The highest BCUT2D eigenvalue weighted by atomic mass is 35.5. The van der Waals surface area contributed by atoms with Crippen molar-refractivity contribution in [1.82, 2.24) is 0 Å². The van der Waals surface area contributed by atoms with Crippen LogP contribution in [0.25, 0.3) is 10.8 Å². The van der Waals surface area contributed by atoms with Gasteiger partial charge < -0.3 is 15.4 Å². The van der Waals surface area contributed by atoms with Crippen molar-refractivity contribution in [1.29, 1.82) is 0 Å². The van der Waals surface area contributed by atoms with E-state index in [4.69, 9.17) is 27.9 Å². The Labute approximate surface area is 216 Å². The van der Waals surface area contributed by atoms with Crippen LogP contribution in [0.3, 0.4) is 0 Å². The lowest BCUT2D eigenvalue weighted by Crippen LogP contribution is -2.14. The van der Waals surface area contributed by atoms with E-state index in [9.17, 15) is 4.79 Å². The first-order valence-electron chi connectivity index (χ1n) is 11.6. The highest BCUT2D eigenvalue weighted by Crippen LogP contribution is 2.31. The lowest BCUT2D eigenvalue weighted by atomic mass is 10.0. The first kappa shape index (κ1) is 24.9. The van der Waals surface area contributed by atoms with Crippen molar-refractivity contribution < 1.29 is 9.53 Å². The Balaban J connectivity index is 1.53. The van der Waals surface area contributed by atoms with Crippen LogP contribution in [0.15, 0.2) is 78.9 Å². The van der Waals surface area contributed by atoms with Crippen molar-refractivity contribution >= 4 is 51.3 Å². The van der Waals surface area contributed by atoms with Crippen LogP contribution in [-0.4, -0.2) is 5.91 Å². The molecule has 0 heterocycles. The number of carbonyl (C=O) groups excluding carboxylic acids is 1. The van der Waals surface area contributed by atoms with Gasteiger partial charge in [-0.05, 0) is 58.7 Å². The first-order chi connectivity index (χ1) is 16.9. The number of carbonyl (C=O) groups is 1. The molecule has 0 aliphatic carbocycles. The number of fused-ring (bicyclic) bond motifs is 1. The number of rotatable bonds is 9. The molecule has 2 N–H and O–H groups in total. The molecule has 0 unspecified atom stereocenters. The molecule has 0 aromatic heterocycles. The minimum Gasteiger partial charge on any atom is -0.489 e. The molecule has 0 saturated carbocycles. The molecular weight excluding hydrogens is 479 g/mol. The Morgan fingerprint density at radius 3 is 2.49 bits per heavy atom. The zero-order valence-electron chi connectivity index (χ0n) is 19.8. The summed E-state index contributed by atoms with van der Waals surface area (Å²) in [6, 6.07) is 25.6. The Hall–Kier alpha value is -3.21. The smallest absolute Gasteiger partial charge is 0.224 e. The fraction of sp³-hybridized carbons (Fsp3) is 0.207. The third-order valence-electron chi connectivity index (χ3n) is 5.59. The van der Waals surface area contributed by atoms with E-state index in [1.54, 1.807) is 6.07 Å². The monoisotopic (exact) mass is 506 g/mol. The van der Waals surface area contributed by atoms with Gasteiger partial charge in [0.05, 0.1) is 10.0 Å². The molecule has 1 amide bonds. The second-order valence-electron chi connectivity index (χ2n) is 8.88. The van der Waals surface area contributed by atoms with Gasteiger partial charge in [0.25, 0.3) is 0 Å². The predicted molar refractivity (Wildman–Crippen MR) is 147 cm³/mol. The highest BCUT2D eigenvalue weighted by molar-refractivity contribution is 6.42. The molecule has 180 valence electrons. The maximum atomic E-state index is 12.2. The molecule has 4 rings (SSSR count). The van der Waals surface area contributed by atoms with Gasteiger partial charge in [-0.2, -0.15) is 0 Å². The molecule has 0 bridgehead atoms. The van der Waals surface area contributed by atoms with E-state index in [2.05, 4.69) is 28.8 Å². The largest absolute Gasteiger partial charge is 0.489 e. The van der Waals surface area contributed by atoms with Crippen molar-refractivity contribution in [3.05, 3.63) is 100 Å². The molecule has 4 aromatic rings. The minimum absolute atomic E-state index is 0.0178. The van der Waals surface area contributed by atoms with Crippen molar-refractivity contribution in [2.75, 3.05) is 10.6 Å². The number of amides is 1. The fourth-order valence-corrected chi connectivity index (χ4v) is 4.22. The van der Waals surface area contributed by atoms with Crippen LogP contribution in [0.2, 0.25) is 10.0 Å². The summed E-state index contributed by atoms with van der Waals surface area (Å²) in [6.07, 6.45) is 0.493. The average molecular weight is 507 g/mol. The lowest BCUT2D eigenvalue weighted by Gasteiger charge is -2.16. The molecule has 0 aliphatic heterocycles. The molecule has 4 nitrogen and oxygen atoms in total. The van der Waals surface area contributed by atoms with Crippen LogP contribution in [0, 0.1) is 5.92 Å². The minimum atomic E-state index is 0.0178. The van der Waals surface area contributed by atoms with Crippen molar-refractivity contribution in [3.63, 3.8) is 0 Å². The summed E-state index contributed by atoms with van der Waals surface area (Å²) in [5, 5.41) is 9.76. The van der Waals surface area contributed by atoms with Crippen LogP contribution in [0.1, 0.15) is 31.4 Å². The summed E-state index contributed by atoms with van der Waals surface area (Å²) in [5.74, 6) is 1.12. The van der Waals surface area contributed by atoms with Gasteiger partial charge in [-0.1, -0.05) is 79.5 Å². The van der Waals surface area contributed by atoms with Crippen LogP contribution >= 0.6 is 23.2 Å². The van der Waals surface area contributed by atoms with E-state index in [-0.39, 0.29) is 5.91 Å². The Morgan fingerprint density at radius 1 is 0.886 bits per heavy atom. The standard InChI is InChI=1S/C29H28Cl2N2O2/c1-19(2)14-29(34)33-23-8-5-7-22(16-23)32-17-25-24-9-4-3-6-21(24)11-13-28(25)35-18-20-10-12-26(30)27(31)15-20/h3-13,15-16,19,32H,14,17-18H2,1-2H3,(H,33,34). The van der Waals surface area contributed by atoms with Gasteiger partial charge in [0.1, 0.15) is 12.4 Å². The summed E-state index contributed by atoms with van der Waals surface area (Å²) in [6.45, 7) is 4.99. The second-order valence-corrected chi connectivity index (χ2v) is 9.70. The Morgan fingerprint density at radius 2 is 1.69 bits per heavy atom. The zero-order chi connectivity index (χ0) is 24.8. The fourth-order valence-electron chi connectivity index (χ4n) is 3.90. The molecule has 0 atom stereocenters. The summed E-state index contributed by atoms with van der Waals surface area (Å²) < 4.78 is 6.23. The molecule has 0 spiro atoms. The SMILES string of the molecule is CC(C)CC(=O)Nc1cccc(NCc2c(OCc3ccc(Cl)c(Cl)c3)ccc3ccccc23)c1. The van der Waals surface area contributed by atoms with E-state index >= 15 is 0 Å². The third-order valence-corrected chi connectivity index (χ3v) is 6.32. The van der Waals surface area contributed by atoms with Gasteiger partial charge >= 0.3 is 0 Å². The Kier molecular flexibility index (Phi) is 8.17. The normalized spacial score (nSPS) is 11.0. The van der Waals surface area contributed by atoms with Crippen LogP contribution in [0.5, 0.6) is 5.75 Å². The van der Waals surface area contributed by atoms with Gasteiger partial charge in [-0.15, -0.1) is 0 Å². The van der Waals surface area contributed by atoms with Crippen molar-refractivity contribution in [2.45, 2.75) is 33.4 Å². The maximum Gasteiger partial charge on any atom is 0.224 e. The summed E-state index contributed by atoms with van der Waals surface area (Å²) in [7, 11) is 0. The summed E-state index contributed by atoms with van der Waals surface area (Å²) >= 11 is 12.2. The summed E-state index contributed by atoms with van der Waals surface area (Å²) in [5.41, 5.74) is 3.68. The molecule has 0 fully saturated rings. The number of hydrogen-bond donors (Lipinski definition) is 2. The molecular formula is C29H28Cl2N2O2. The lowest BCUT2D eigenvalue weighted by molar-refractivity contribution is -0.116. The quantitative estimate of drug-likeness (QED) is 0.240. The second kappa shape index (κ2) is 11.5. The molecule has 35 heavy (non-hydrogen) atoms. The van der Waals surface area contributed by atoms with E-state index in [0.29, 0.717) is 35.5 Å². The number of ether oxygens (including phenoxy) is 1. The Bertz CT molecular complexity index is 1340. The van der Waals surface area contributed by atoms with E-state index in [0.717, 1.165) is 39.0 Å². The van der Waals surface area contributed by atoms with Gasteiger partial charge in [0.2, 0.25) is 5.91 Å². The molecule has 0 aliphatic rings. The van der Waals surface area contributed by atoms with Gasteiger partial charge in [-0.3, -0.25) is 4.79 Å². The van der Waals surface area contributed by atoms with Gasteiger partial charge in [-0.25, -0.2) is 0 Å². The molecule has 6 heteroatoms. The van der Waals surface area contributed by atoms with E-state index in [1.807, 2.05) is 68.4 Å². The predicted octanol–water partition coefficient (Wildman–Crippen LogP) is 8.32. The number of hydrogen-bond acceptors (Lipinski definition) is 3. The van der Waals surface area contributed by atoms with Crippen molar-refractivity contribution in [2.24, 2.45) is 5.92 Å². The molecule has 0 saturated heterocycles. The number of benzene rings is 4. The number of anilines is 2. The third kappa shape index (κ3) is 6.68.